The fourth-order valence-electron chi connectivity index (χ4n) is 3.35. The third-order valence-corrected chi connectivity index (χ3v) is 6.52. The number of rotatable bonds is 6. The second-order valence-corrected chi connectivity index (χ2v) is 9.07. The molecule has 1 saturated carbocycles. The first-order valence-corrected chi connectivity index (χ1v) is 11.4. The minimum Gasteiger partial charge on any atom is -0.367 e. The molecule has 158 valence electrons. The first kappa shape index (κ1) is 21.3. The molecule has 0 bridgehead atoms. The second kappa shape index (κ2) is 9.03. The summed E-state index contributed by atoms with van der Waals surface area (Å²) in [5.41, 5.74) is -1.79. The third-order valence-electron chi connectivity index (χ3n) is 4.75. The Morgan fingerprint density at radius 3 is 2.67 bits per heavy atom. The van der Waals surface area contributed by atoms with E-state index < -0.39 is 5.51 Å². The topological polar surface area (TPSA) is 49.8 Å². The Balaban J connectivity index is 1.50. The Kier molecular flexibility index (Phi) is 6.40. The van der Waals surface area contributed by atoms with Gasteiger partial charge in [0.25, 0.3) is 0 Å². The van der Waals surface area contributed by atoms with E-state index in [0.717, 1.165) is 29.2 Å². The fraction of sp³-hybridized carbons (Fsp3) is 0.300. The van der Waals surface area contributed by atoms with Crippen LogP contribution < -0.4 is 10.0 Å². The van der Waals surface area contributed by atoms with Crippen LogP contribution in [0.4, 0.5) is 24.7 Å². The quantitative estimate of drug-likeness (QED) is 0.366. The number of pyridine rings is 1. The van der Waals surface area contributed by atoms with E-state index in [1.54, 1.807) is 18.3 Å². The summed E-state index contributed by atoms with van der Waals surface area (Å²) in [6.45, 7) is 0. The van der Waals surface area contributed by atoms with Crippen molar-refractivity contribution in [2.24, 2.45) is 0 Å². The van der Waals surface area contributed by atoms with E-state index >= 15 is 0 Å². The van der Waals surface area contributed by atoms with Crippen molar-refractivity contribution < 1.29 is 13.2 Å². The van der Waals surface area contributed by atoms with Crippen molar-refractivity contribution in [3.05, 3.63) is 46.9 Å². The molecule has 1 aliphatic rings. The number of thiazole rings is 1. The molecular formula is C20H18ClF3N4S2. The van der Waals surface area contributed by atoms with Gasteiger partial charge in [-0.25, -0.2) is 9.97 Å². The summed E-state index contributed by atoms with van der Waals surface area (Å²) >= 11 is 7.46. The van der Waals surface area contributed by atoms with Crippen molar-refractivity contribution >= 4 is 46.4 Å². The lowest BCUT2D eigenvalue weighted by Crippen LogP contribution is -2.15. The third kappa shape index (κ3) is 5.39. The van der Waals surface area contributed by atoms with Gasteiger partial charge in [0.15, 0.2) is 0 Å². The summed E-state index contributed by atoms with van der Waals surface area (Å²) < 4.78 is 39.3. The second-order valence-electron chi connectivity index (χ2n) is 6.94. The van der Waals surface area contributed by atoms with Crippen molar-refractivity contribution in [2.45, 2.75) is 37.2 Å². The summed E-state index contributed by atoms with van der Waals surface area (Å²) in [4.78, 5) is 9.08. The minimum atomic E-state index is -4.37. The maximum absolute atomic E-state index is 12.3. The lowest BCUT2D eigenvalue weighted by atomic mass is 10.1. The molecule has 2 N–H and O–H groups in total. The number of aromatic nitrogens is 2. The van der Waals surface area contributed by atoms with Gasteiger partial charge in [-0.1, -0.05) is 24.4 Å². The van der Waals surface area contributed by atoms with Crippen molar-refractivity contribution in [2.75, 3.05) is 10.0 Å². The van der Waals surface area contributed by atoms with Gasteiger partial charge in [0.2, 0.25) is 0 Å². The summed E-state index contributed by atoms with van der Waals surface area (Å²) in [6, 6.07) is 9.05. The van der Waals surface area contributed by atoms with Crippen LogP contribution in [-0.2, 0) is 0 Å². The molecule has 0 unspecified atom stereocenters. The van der Waals surface area contributed by atoms with Gasteiger partial charge < -0.3 is 10.0 Å². The van der Waals surface area contributed by atoms with Gasteiger partial charge in [0.05, 0.1) is 22.7 Å². The molecule has 0 aliphatic heterocycles. The Morgan fingerprint density at radius 1 is 1.13 bits per heavy atom. The van der Waals surface area contributed by atoms with Crippen LogP contribution >= 0.6 is 34.9 Å². The first-order valence-electron chi connectivity index (χ1n) is 9.36. The highest BCUT2D eigenvalue weighted by molar-refractivity contribution is 8.01. The largest absolute Gasteiger partial charge is 0.461 e. The zero-order valence-corrected chi connectivity index (χ0v) is 18.1. The summed E-state index contributed by atoms with van der Waals surface area (Å²) in [7, 11) is 0. The molecule has 0 radical (unpaired) electrons. The SMILES string of the molecule is FC(F)(F)SNc1ccc(-c2csc(-c3ccnc(NC4CCCC4)c3)n2)c(Cl)c1. The minimum absolute atomic E-state index is 0.276. The average molecular weight is 471 g/mol. The zero-order valence-electron chi connectivity index (χ0n) is 15.7. The molecule has 1 aliphatic carbocycles. The zero-order chi connectivity index (χ0) is 21.1. The molecule has 1 fully saturated rings. The fourth-order valence-corrected chi connectivity index (χ4v) is 4.81. The van der Waals surface area contributed by atoms with Crippen LogP contribution in [-0.4, -0.2) is 21.5 Å². The van der Waals surface area contributed by atoms with Gasteiger partial charge in [-0.2, -0.15) is 13.2 Å². The normalized spacial score (nSPS) is 14.8. The van der Waals surface area contributed by atoms with Gasteiger partial charge >= 0.3 is 5.51 Å². The molecule has 30 heavy (non-hydrogen) atoms. The van der Waals surface area contributed by atoms with E-state index in [1.807, 2.05) is 17.5 Å². The summed E-state index contributed by atoms with van der Waals surface area (Å²) in [5, 5.41) is 6.53. The van der Waals surface area contributed by atoms with Crippen LogP contribution in [0, 0.1) is 0 Å². The van der Waals surface area contributed by atoms with Gasteiger partial charge in [0.1, 0.15) is 10.8 Å². The Hall–Kier alpha value is -1.97. The highest BCUT2D eigenvalue weighted by Gasteiger charge is 2.29. The van der Waals surface area contributed by atoms with Crippen LogP contribution in [0.1, 0.15) is 25.7 Å². The van der Waals surface area contributed by atoms with Gasteiger partial charge in [-0.3, -0.25) is 0 Å². The highest BCUT2D eigenvalue weighted by atomic mass is 35.5. The lowest BCUT2D eigenvalue weighted by molar-refractivity contribution is -0.0323. The van der Waals surface area contributed by atoms with Crippen molar-refractivity contribution in [3.8, 4) is 21.8 Å². The Morgan fingerprint density at radius 2 is 1.93 bits per heavy atom. The molecule has 2 aromatic heterocycles. The first-order chi connectivity index (χ1) is 14.4. The standard InChI is InChI=1S/C20H18ClF3N4S2/c21-16-10-14(28-30-20(22,23)24)5-6-15(16)17-11-29-19(27-17)12-7-8-25-18(9-12)26-13-3-1-2-4-13/h5-11,13,28H,1-4H2,(H,25,26). The number of anilines is 2. The van der Waals surface area contributed by atoms with E-state index in [2.05, 4.69) is 20.0 Å². The van der Waals surface area contributed by atoms with E-state index in [1.165, 1.54) is 30.2 Å². The number of nitrogens with zero attached hydrogens (tertiary/aromatic N) is 2. The average Bonchev–Trinajstić information content (AvgIpc) is 3.38. The van der Waals surface area contributed by atoms with Crippen molar-refractivity contribution in [1.29, 1.82) is 0 Å². The number of alkyl halides is 3. The summed E-state index contributed by atoms with van der Waals surface area (Å²) in [6.07, 6.45) is 6.59. The molecule has 10 heteroatoms. The van der Waals surface area contributed by atoms with E-state index in [0.29, 0.717) is 22.3 Å². The highest BCUT2D eigenvalue weighted by Crippen LogP contribution is 2.36. The maximum Gasteiger partial charge on any atom is 0.461 e. The van der Waals surface area contributed by atoms with Crippen molar-refractivity contribution in [1.82, 2.24) is 9.97 Å². The number of hydrogen-bond donors (Lipinski definition) is 2. The molecule has 1 aromatic carbocycles. The molecular weight excluding hydrogens is 453 g/mol. The molecule has 0 saturated heterocycles. The van der Waals surface area contributed by atoms with E-state index in [-0.39, 0.29) is 17.6 Å². The van der Waals surface area contributed by atoms with Gasteiger partial charge in [0, 0.05) is 34.4 Å². The van der Waals surface area contributed by atoms with Gasteiger partial charge in [-0.05, 0) is 43.2 Å². The van der Waals surface area contributed by atoms with Crippen LogP contribution in [0.2, 0.25) is 5.02 Å². The van der Waals surface area contributed by atoms with Crippen LogP contribution in [0.25, 0.3) is 21.8 Å². The predicted octanol–water partition coefficient (Wildman–Crippen LogP) is 7.46. The molecule has 3 aromatic rings. The molecule has 4 rings (SSSR count). The number of halogens is 4. The molecule has 0 amide bonds. The summed E-state index contributed by atoms with van der Waals surface area (Å²) in [5.74, 6) is 0.840. The number of hydrogen-bond acceptors (Lipinski definition) is 6. The maximum atomic E-state index is 12.3. The molecule has 4 nitrogen and oxygen atoms in total. The molecule has 0 atom stereocenters. The molecule has 2 heterocycles. The van der Waals surface area contributed by atoms with E-state index in [4.69, 9.17) is 11.6 Å². The van der Waals surface area contributed by atoms with Crippen LogP contribution in [0.3, 0.4) is 0 Å². The van der Waals surface area contributed by atoms with Crippen molar-refractivity contribution in [3.63, 3.8) is 0 Å². The monoisotopic (exact) mass is 470 g/mol. The lowest BCUT2D eigenvalue weighted by Gasteiger charge is -2.12. The smallest absolute Gasteiger partial charge is 0.367 e. The van der Waals surface area contributed by atoms with Crippen LogP contribution in [0.5, 0.6) is 0 Å². The van der Waals surface area contributed by atoms with E-state index in [9.17, 15) is 13.2 Å². The number of benzene rings is 1. The Labute approximate surface area is 185 Å². The number of nitrogens with one attached hydrogen (secondary N) is 2. The molecule has 0 spiro atoms. The van der Waals surface area contributed by atoms with Gasteiger partial charge in [-0.15, -0.1) is 11.3 Å². The van der Waals surface area contributed by atoms with Crippen LogP contribution in [0.15, 0.2) is 41.9 Å². The predicted molar refractivity (Wildman–Crippen MR) is 119 cm³/mol. The Bertz CT molecular complexity index is 1020.